The van der Waals surface area contributed by atoms with Crippen LogP contribution >= 0.6 is 11.8 Å². The normalized spacial score (nSPS) is 9.20. The van der Waals surface area contributed by atoms with E-state index in [1.54, 1.807) is 7.11 Å². The van der Waals surface area contributed by atoms with Gasteiger partial charge in [-0.25, -0.2) is 0 Å². The second kappa shape index (κ2) is 8.87. The predicted octanol–water partition coefficient (Wildman–Crippen LogP) is 1.78. The first-order valence-corrected chi connectivity index (χ1v) is 4.57. The highest BCUT2D eigenvalue weighted by molar-refractivity contribution is 7.99. The van der Waals surface area contributed by atoms with E-state index in [2.05, 4.69) is 5.92 Å². The standard InChI is InChI=1S/C8H14OS/c1-3-4-7-10-8-5-6-9-2/h1H,4-8H2,2H3. The molecule has 0 aliphatic carbocycles. The van der Waals surface area contributed by atoms with Crippen LogP contribution in [0.15, 0.2) is 0 Å². The predicted molar refractivity (Wildman–Crippen MR) is 47.3 cm³/mol. The molecule has 0 N–H and O–H groups in total. The minimum atomic E-state index is 0.864. The van der Waals surface area contributed by atoms with Gasteiger partial charge in [0, 0.05) is 25.9 Å². The summed E-state index contributed by atoms with van der Waals surface area (Å²) >= 11 is 1.90. The first kappa shape index (κ1) is 9.87. The highest BCUT2D eigenvalue weighted by Crippen LogP contribution is 2.03. The molecule has 0 aromatic heterocycles. The Bertz CT molecular complexity index is 95.9. The SMILES string of the molecule is C#CCCSCCCOC. The molecule has 2 heteroatoms. The van der Waals surface area contributed by atoms with Crippen LogP contribution in [0.3, 0.4) is 0 Å². The average molecular weight is 158 g/mol. The third kappa shape index (κ3) is 7.87. The summed E-state index contributed by atoms with van der Waals surface area (Å²) in [4.78, 5) is 0. The van der Waals surface area contributed by atoms with Gasteiger partial charge in [-0.05, 0) is 12.2 Å². The fraction of sp³-hybridized carbons (Fsp3) is 0.750. The summed E-state index contributed by atoms with van der Waals surface area (Å²) in [7, 11) is 1.73. The molecule has 0 rings (SSSR count). The maximum absolute atomic E-state index is 5.08. The molecular weight excluding hydrogens is 144 g/mol. The van der Waals surface area contributed by atoms with Crippen molar-refractivity contribution in [2.45, 2.75) is 12.8 Å². The van der Waals surface area contributed by atoms with Gasteiger partial charge in [0.15, 0.2) is 0 Å². The number of methoxy groups -OCH3 is 1. The van der Waals surface area contributed by atoms with Crippen LogP contribution in [0.4, 0.5) is 0 Å². The Morgan fingerprint density at radius 1 is 1.50 bits per heavy atom. The summed E-state index contributed by atoms with van der Waals surface area (Å²) in [5, 5.41) is 0. The number of hydrogen-bond acceptors (Lipinski definition) is 2. The molecular formula is C8H14OS. The maximum Gasteiger partial charge on any atom is 0.0470 e. The van der Waals surface area contributed by atoms with Crippen LogP contribution in [-0.2, 0) is 4.74 Å². The van der Waals surface area contributed by atoms with E-state index in [4.69, 9.17) is 11.2 Å². The first-order chi connectivity index (χ1) is 4.91. The lowest BCUT2D eigenvalue weighted by Gasteiger charge is -1.97. The lowest BCUT2D eigenvalue weighted by molar-refractivity contribution is 0.200. The van der Waals surface area contributed by atoms with Crippen molar-refractivity contribution in [3.05, 3.63) is 0 Å². The van der Waals surface area contributed by atoms with Crippen LogP contribution in [0.25, 0.3) is 0 Å². The van der Waals surface area contributed by atoms with Gasteiger partial charge in [0.25, 0.3) is 0 Å². The van der Waals surface area contributed by atoms with E-state index in [-0.39, 0.29) is 0 Å². The summed E-state index contributed by atoms with van der Waals surface area (Å²) < 4.78 is 4.89. The van der Waals surface area contributed by atoms with Gasteiger partial charge in [-0.1, -0.05) is 0 Å². The van der Waals surface area contributed by atoms with E-state index in [1.165, 1.54) is 0 Å². The lowest BCUT2D eigenvalue weighted by Crippen LogP contribution is -1.90. The van der Waals surface area contributed by atoms with Gasteiger partial charge >= 0.3 is 0 Å². The topological polar surface area (TPSA) is 9.23 Å². The van der Waals surface area contributed by atoms with Crippen LogP contribution in [0.1, 0.15) is 12.8 Å². The van der Waals surface area contributed by atoms with Crippen molar-refractivity contribution in [1.29, 1.82) is 0 Å². The second-order valence-corrected chi connectivity index (χ2v) is 3.14. The van der Waals surface area contributed by atoms with Gasteiger partial charge in [0.05, 0.1) is 0 Å². The van der Waals surface area contributed by atoms with Gasteiger partial charge in [-0.3, -0.25) is 0 Å². The fourth-order valence-corrected chi connectivity index (χ4v) is 1.33. The summed E-state index contributed by atoms with van der Waals surface area (Å²) in [6.45, 7) is 0.864. The fourth-order valence-electron chi connectivity index (χ4n) is 0.538. The Labute approximate surface area is 67.5 Å². The smallest absolute Gasteiger partial charge is 0.0470 e. The van der Waals surface area contributed by atoms with E-state index in [9.17, 15) is 0 Å². The quantitative estimate of drug-likeness (QED) is 0.430. The van der Waals surface area contributed by atoms with Crippen LogP contribution in [0.5, 0.6) is 0 Å². The van der Waals surface area contributed by atoms with Crippen LogP contribution in [0.2, 0.25) is 0 Å². The monoisotopic (exact) mass is 158 g/mol. The van der Waals surface area contributed by atoms with Crippen molar-refractivity contribution in [3.63, 3.8) is 0 Å². The van der Waals surface area contributed by atoms with Crippen LogP contribution < -0.4 is 0 Å². The lowest BCUT2D eigenvalue weighted by atomic mass is 10.5. The van der Waals surface area contributed by atoms with Gasteiger partial charge in [-0.15, -0.1) is 12.3 Å². The number of terminal acetylenes is 1. The molecule has 0 unspecified atom stereocenters. The Morgan fingerprint density at radius 2 is 2.30 bits per heavy atom. The van der Waals surface area contributed by atoms with Crippen molar-refractivity contribution in [1.82, 2.24) is 0 Å². The third-order valence-electron chi connectivity index (χ3n) is 1.03. The highest BCUT2D eigenvalue weighted by atomic mass is 32.2. The van der Waals surface area contributed by atoms with E-state index >= 15 is 0 Å². The van der Waals surface area contributed by atoms with Gasteiger partial charge in [0.1, 0.15) is 0 Å². The molecule has 0 aliphatic heterocycles. The highest BCUT2D eigenvalue weighted by Gasteiger charge is 1.86. The zero-order valence-corrected chi connectivity index (χ0v) is 7.25. The van der Waals surface area contributed by atoms with E-state index in [0.717, 1.165) is 31.0 Å². The summed E-state index contributed by atoms with van der Waals surface area (Å²) in [5.74, 6) is 4.85. The van der Waals surface area contributed by atoms with Crippen LogP contribution in [-0.4, -0.2) is 25.2 Å². The molecule has 0 spiro atoms. The zero-order chi connectivity index (χ0) is 7.66. The molecule has 0 saturated heterocycles. The van der Waals surface area contributed by atoms with Gasteiger partial charge in [-0.2, -0.15) is 11.8 Å². The minimum absolute atomic E-state index is 0.864. The van der Waals surface area contributed by atoms with E-state index < -0.39 is 0 Å². The van der Waals surface area contributed by atoms with Crippen molar-refractivity contribution in [2.75, 3.05) is 25.2 Å². The summed E-state index contributed by atoms with van der Waals surface area (Å²) in [5.41, 5.74) is 0. The van der Waals surface area contributed by atoms with Crippen molar-refractivity contribution >= 4 is 11.8 Å². The second-order valence-electron chi connectivity index (χ2n) is 1.91. The maximum atomic E-state index is 5.08. The number of thioether (sulfide) groups is 1. The molecule has 0 radical (unpaired) electrons. The Balaban J connectivity index is 2.72. The van der Waals surface area contributed by atoms with E-state index in [1.807, 2.05) is 11.8 Å². The molecule has 10 heavy (non-hydrogen) atoms. The average Bonchev–Trinajstić information content (AvgIpc) is 1.97. The minimum Gasteiger partial charge on any atom is -0.385 e. The van der Waals surface area contributed by atoms with E-state index in [0.29, 0.717) is 0 Å². The largest absolute Gasteiger partial charge is 0.385 e. The molecule has 0 heterocycles. The third-order valence-corrected chi connectivity index (χ3v) is 2.10. The van der Waals surface area contributed by atoms with Crippen molar-refractivity contribution in [3.8, 4) is 12.3 Å². The number of rotatable bonds is 6. The Hall–Kier alpha value is -0.130. The summed E-state index contributed by atoms with van der Waals surface area (Å²) in [6, 6.07) is 0. The van der Waals surface area contributed by atoms with Crippen molar-refractivity contribution < 1.29 is 4.74 Å². The van der Waals surface area contributed by atoms with Crippen LogP contribution in [0, 0.1) is 12.3 Å². The Kier molecular flexibility index (Phi) is 8.75. The van der Waals surface area contributed by atoms with Gasteiger partial charge in [0.2, 0.25) is 0 Å². The zero-order valence-electron chi connectivity index (χ0n) is 6.43. The summed E-state index contributed by atoms with van der Waals surface area (Å²) in [6.07, 6.45) is 7.10. The molecule has 1 nitrogen and oxygen atoms in total. The molecule has 0 saturated carbocycles. The molecule has 58 valence electrons. The van der Waals surface area contributed by atoms with Gasteiger partial charge < -0.3 is 4.74 Å². The molecule has 0 aromatic carbocycles. The molecule has 0 aromatic rings. The molecule has 0 bridgehead atoms. The molecule has 0 atom stereocenters. The molecule has 0 aliphatic rings. The van der Waals surface area contributed by atoms with Crippen molar-refractivity contribution in [2.24, 2.45) is 0 Å². The molecule has 0 fully saturated rings. The molecule has 0 amide bonds. The first-order valence-electron chi connectivity index (χ1n) is 3.42. The number of ether oxygens (including phenoxy) is 1. The Morgan fingerprint density at radius 3 is 2.90 bits per heavy atom. The number of hydrogen-bond donors (Lipinski definition) is 0.